The summed E-state index contributed by atoms with van der Waals surface area (Å²) in [6.07, 6.45) is 1.81. The Bertz CT molecular complexity index is 588. The molecule has 0 fully saturated rings. The predicted octanol–water partition coefficient (Wildman–Crippen LogP) is 4.52. The van der Waals surface area contributed by atoms with Crippen molar-refractivity contribution in [1.82, 2.24) is 4.98 Å². The molecule has 1 N–H and O–H groups in total. The number of ether oxygens (including phenoxy) is 1. The lowest BCUT2D eigenvalue weighted by Gasteiger charge is -2.13. The third kappa shape index (κ3) is 3.07. The van der Waals surface area contributed by atoms with E-state index in [0.717, 1.165) is 38.4 Å². The average molecular weight is 321 g/mol. The third-order valence-corrected chi connectivity index (χ3v) is 3.81. The van der Waals surface area contributed by atoms with E-state index in [1.807, 2.05) is 26.8 Å². The zero-order valence-electron chi connectivity index (χ0n) is 11.5. The summed E-state index contributed by atoms with van der Waals surface area (Å²) in [6, 6.07) is 6.13. The first-order valence-corrected chi connectivity index (χ1v) is 6.85. The molecule has 100 valence electrons. The second-order valence-electron chi connectivity index (χ2n) is 4.59. The Balaban J connectivity index is 2.31. The number of nitrogens with zero attached hydrogens (tertiary/aromatic N) is 1. The number of halogens is 1. The van der Waals surface area contributed by atoms with E-state index in [1.165, 1.54) is 0 Å². The summed E-state index contributed by atoms with van der Waals surface area (Å²) in [5.74, 6) is 1.77. The maximum Gasteiger partial charge on any atom is 0.130 e. The zero-order valence-corrected chi connectivity index (χ0v) is 13.1. The number of anilines is 2. The number of methoxy groups -OCH3 is 1. The fourth-order valence-electron chi connectivity index (χ4n) is 2.10. The molecule has 0 aliphatic carbocycles. The lowest BCUT2D eigenvalue weighted by atomic mass is 10.1. The van der Waals surface area contributed by atoms with Crippen molar-refractivity contribution in [3.05, 3.63) is 45.6 Å². The summed E-state index contributed by atoms with van der Waals surface area (Å²) in [4.78, 5) is 4.35. The summed E-state index contributed by atoms with van der Waals surface area (Å²) in [5, 5.41) is 3.32. The minimum atomic E-state index is 0.838. The lowest BCUT2D eigenvalue weighted by Crippen LogP contribution is -1.97. The molecule has 1 aromatic heterocycles. The fourth-order valence-corrected chi connectivity index (χ4v) is 2.32. The van der Waals surface area contributed by atoms with Crippen LogP contribution >= 0.6 is 15.9 Å². The van der Waals surface area contributed by atoms with Crippen molar-refractivity contribution in [3.63, 3.8) is 0 Å². The first-order chi connectivity index (χ1) is 9.01. The smallest absolute Gasteiger partial charge is 0.130 e. The lowest BCUT2D eigenvalue weighted by molar-refractivity contribution is 0.408. The van der Waals surface area contributed by atoms with Gasteiger partial charge in [-0.15, -0.1) is 0 Å². The molecule has 0 unspecified atom stereocenters. The predicted molar refractivity (Wildman–Crippen MR) is 82.4 cm³/mol. The van der Waals surface area contributed by atoms with Gasteiger partial charge in [-0.05, 0) is 71.6 Å². The number of hydrogen-bond donors (Lipinski definition) is 1. The van der Waals surface area contributed by atoms with Gasteiger partial charge in [0.1, 0.15) is 11.6 Å². The van der Waals surface area contributed by atoms with Gasteiger partial charge < -0.3 is 10.1 Å². The van der Waals surface area contributed by atoms with E-state index >= 15 is 0 Å². The number of hydrogen-bond acceptors (Lipinski definition) is 3. The van der Waals surface area contributed by atoms with Crippen LogP contribution in [0, 0.1) is 20.8 Å². The number of nitrogens with one attached hydrogen (secondary N) is 1. The van der Waals surface area contributed by atoms with Crippen LogP contribution in [0.15, 0.2) is 28.9 Å². The molecular weight excluding hydrogens is 304 g/mol. The van der Waals surface area contributed by atoms with Gasteiger partial charge in [0.05, 0.1) is 7.11 Å². The SMILES string of the molecule is COc1c(C)cc(Nc2cc(C)c(Br)cn2)cc1C. The fraction of sp³-hybridized carbons (Fsp3) is 0.267. The topological polar surface area (TPSA) is 34.1 Å². The van der Waals surface area contributed by atoms with Crippen molar-refractivity contribution in [3.8, 4) is 5.75 Å². The van der Waals surface area contributed by atoms with Gasteiger partial charge in [0.25, 0.3) is 0 Å². The number of aromatic nitrogens is 1. The molecule has 1 heterocycles. The highest BCUT2D eigenvalue weighted by atomic mass is 79.9. The summed E-state index contributed by atoms with van der Waals surface area (Å²) in [5.41, 5.74) is 4.39. The number of aryl methyl sites for hydroxylation is 3. The Morgan fingerprint density at radius 2 is 1.68 bits per heavy atom. The molecule has 3 nitrogen and oxygen atoms in total. The van der Waals surface area contributed by atoms with E-state index in [0.29, 0.717) is 0 Å². The van der Waals surface area contributed by atoms with Crippen molar-refractivity contribution in [2.75, 3.05) is 12.4 Å². The highest BCUT2D eigenvalue weighted by Crippen LogP contribution is 2.28. The Kier molecular flexibility index (Phi) is 4.10. The van der Waals surface area contributed by atoms with Crippen LogP contribution in [0.25, 0.3) is 0 Å². The maximum atomic E-state index is 5.37. The second kappa shape index (κ2) is 5.61. The Morgan fingerprint density at radius 3 is 2.21 bits per heavy atom. The molecule has 1 aromatic carbocycles. The van der Waals surface area contributed by atoms with Crippen LogP contribution < -0.4 is 10.1 Å². The van der Waals surface area contributed by atoms with E-state index in [4.69, 9.17) is 4.74 Å². The second-order valence-corrected chi connectivity index (χ2v) is 5.44. The molecule has 0 aliphatic rings. The van der Waals surface area contributed by atoms with Crippen LogP contribution in [0.1, 0.15) is 16.7 Å². The Labute approximate surface area is 122 Å². The van der Waals surface area contributed by atoms with Gasteiger partial charge in [0, 0.05) is 16.4 Å². The normalized spacial score (nSPS) is 10.4. The summed E-state index contributed by atoms with van der Waals surface area (Å²) < 4.78 is 6.38. The minimum absolute atomic E-state index is 0.838. The molecule has 0 amide bonds. The molecule has 0 radical (unpaired) electrons. The Hall–Kier alpha value is -1.55. The molecule has 2 aromatic rings. The van der Waals surface area contributed by atoms with Crippen LogP contribution in [0.2, 0.25) is 0 Å². The van der Waals surface area contributed by atoms with Crippen LogP contribution in [-0.4, -0.2) is 12.1 Å². The first-order valence-electron chi connectivity index (χ1n) is 6.05. The highest BCUT2D eigenvalue weighted by Gasteiger charge is 2.06. The Morgan fingerprint density at radius 1 is 1.05 bits per heavy atom. The van der Waals surface area contributed by atoms with Gasteiger partial charge in [-0.3, -0.25) is 0 Å². The van der Waals surface area contributed by atoms with Gasteiger partial charge in [-0.2, -0.15) is 0 Å². The van der Waals surface area contributed by atoms with Gasteiger partial charge >= 0.3 is 0 Å². The van der Waals surface area contributed by atoms with Crippen LogP contribution in [0.4, 0.5) is 11.5 Å². The van der Waals surface area contributed by atoms with Crippen molar-refractivity contribution >= 4 is 27.4 Å². The minimum Gasteiger partial charge on any atom is -0.496 e. The molecule has 0 atom stereocenters. The van der Waals surface area contributed by atoms with Gasteiger partial charge in [0.15, 0.2) is 0 Å². The summed E-state index contributed by atoms with van der Waals surface area (Å²) in [7, 11) is 1.70. The van der Waals surface area contributed by atoms with E-state index in [-0.39, 0.29) is 0 Å². The zero-order chi connectivity index (χ0) is 14.0. The molecule has 0 bridgehead atoms. The molecule has 2 rings (SSSR count). The van der Waals surface area contributed by atoms with Crippen molar-refractivity contribution in [2.24, 2.45) is 0 Å². The molecular formula is C15H17BrN2O. The third-order valence-electron chi connectivity index (χ3n) is 2.98. The quantitative estimate of drug-likeness (QED) is 0.902. The van der Waals surface area contributed by atoms with E-state index in [2.05, 4.69) is 38.4 Å². The van der Waals surface area contributed by atoms with Crippen LogP contribution in [0.5, 0.6) is 5.75 Å². The van der Waals surface area contributed by atoms with Crippen LogP contribution in [0.3, 0.4) is 0 Å². The molecule has 0 spiro atoms. The molecule has 0 saturated carbocycles. The molecule has 0 aliphatic heterocycles. The molecule has 4 heteroatoms. The first kappa shape index (κ1) is 13.9. The maximum absolute atomic E-state index is 5.37. The van der Waals surface area contributed by atoms with Crippen molar-refractivity contribution in [1.29, 1.82) is 0 Å². The molecule has 19 heavy (non-hydrogen) atoms. The number of pyridine rings is 1. The number of rotatable bonds is 3. The van der Waals surface area contributed by atoms with Gasteiger partial charge in [0.2, 0.25) is 0 Å². The van der Waals surface area contributed by atoms with E-state index in [1.54, 1.807) is 13.3 Å². The monoisotopic (exact) mass is 320 g/mol. The highest BCUT2D eigenvalue weighted by molar-refractivity contribution is 9.10. The summed E-state index contributed by atoms with van der Waals surface area (Å²) >= 11 is 3.45. The van der Waals surface area contributed by atoms with Gasteiger partial charge in [-0.25, -0.2) is 4.98 Å². The standard InChI is InChI=1S/C15H17BrN2O/c1-9-7-14(17-8-13(9)16)18-12-5-10(2)15(19-4)11(3)6-12/h5-8H,1-4H3,(H,17,18). The van der Waals surface area contributed by atoms with Crippen molar-refractivity contribution in [2.45, 2.75) is 20.8 Å². The number of benzene rings is 1. The van der Waals surface area contributed by atoms with Gasteiger partial charge in [-0.1, -0.05) is 0 Å². The van der Waals surface area contributed by atoms with Crippen LogP contribution in [-0.2, 0) is 0 Å². The largest absolute Gasteiger partial charge is 0.496 e. The summed E-state index contributed by atoms with van der Waals surface area (Å²) in [6.45, 7) is 6.12. The van der Waals surface area contributed by atoms with E-state index in [9.17, 15) is 0 Å². The average Bonchev–Trinajstić information content (AvgIpc) is 2.33. The van der Waals surface area contributed by atoms with E-state index < -0.39 is 0 Å². The molecule has 0 saturated heterocycles. The van der Waals surface area contributed by atoms with Crippen molar-refractivity contribution < 1.29 is 4.74 Å².